The van der Waals surface area contributed by atoms with E-state index in [1.54, 1.807) is 0 Å². The molecule has 0 spiro atoms. The van der Waals surface area contributed by atoms with E-state index in [2.05, 4.69) is 24.5 Å². The van der Waals surface area contributed by atoms with E-state index in [0.717, 1.165) is 24.2 Å². The van der Waals surface area contributed by atoms with Gasteiger partial charge in [-0.2, -0.15) is 0 Å². The predicted molar refractivity (Wildman–Crippen MR) is 81.8 cm³/mol. The van der Waals surface area contributed by atoms with Crippen molar-refractivity contribution in [1.29, 1.82) is 0 Å². The summed E-state index contributed by atoms with van der Waals surface area (Å²) in [6.45, 7) is 4.48. The summed E-state index contributed by atoms with van der Waals surface area (Å²) in [5.74, 6) is 0.0453. The normalized spacial score (nSPS) is 10.4. The lowest BCUT2D eigenvalue weighted by molar-refractivity contribution is -0.120. The van der Waals surface area contributed by atoms with Gasteiger partial charge in [0.05, 0.1) is 6.54 Å². The second kappa shape index (κ2) is 7.67. The van der Waals surface area contributed by atoms with Crippen LogP contribution in [0.15, 0.2) is 24.3 Å². The topological polar surface area (TPSA) is 44.4 Å². The zero-order valence-corrected chi connectivity index (χ0v) is 12.4. The van der Waals surface area contributed by atoms with Gasteiger partial charge in [-0.05, 0) is 31.0 Å². The van der Waals surface area contributed by atoms with Crippen LogP contribution in [0.5, 0.6) is 0 Å². The summed E-state index contributed by atoms with van der Waals surface area (Å²) < 4.78 is 0. The number of benzene rings is 1. The fourth-order valence-corrected chi connectivity index (χ4v) is 1.85. The van der Waals surface area contributed by atoms with Crippen LogP contribution in [-0.2, 0) is 4.79 Å². The van der Waals surface area contributed by atoms with Crippen LogP contribution in [0.3, 0.4) is 0 Å². The Kier molecular flexibility index (Phi) is 6.19. The van der Waals surface area contributed by atoms with Gasteiger partial charge in [0.25, 0.3) is 0 Å². The van der Waals surface area contributed by atoms with Gasteiger partial charge >= 0.3 is 0 Å². The van der Waals surface area contributed by atoms with Crippen LogP contribution in [0.1, 0.15) is 26.7 Å². The zero-order chi connectivity index (χ0) is 14.3. The molecule has 19 heavy (non-hydrogen) atoms. The SMILES string of the molecule is CCC(CC)NC(=O)CNc1cccc(N(C)C)c1. The number of anilines is 2. The molecule has 0 bridgehead atoms. The van der Waals surface area contributed by atoms with Crippen LogP contribution in [-0.4, -0.2) is 32.6 Å². The van der Waals surface area contributed by atoms with Gasteiger partial charge in [-0.3, -0.25) is 4.79 Å². The number of nitrogens with one attached hydrogen (secondary N) is 2. The Morgan fingerprint density at radius 3 is 2.53 bits per heavy atom. The van der Waals surface area contributed by atoms with E-state index in [4.69, 9.17) is 0 Å². The van der Waals surface area contributed by atoms with Gasteiger partial charge in [-0.1, -0.05) is 19.9 Å². The molecule has 0 saturated heterocycles. The monoisotopic (exact) mass is 263 g/mol. The molecular formula is C15H25N3O. The Bertz CT molecular complexity index is 400. The van der Waals surface area contributed by atoms with E-state index in [9.17, 15) is 4.79 Å². The lowest BCUT2D eigenvalue weighted by Gasteiger charge is -2.16. The summed E-state index contributed by atoms with van der Waals surface area (Å²) in [6, 6.07) is 8.30. The maximum atomic E-state index is 11.8. The first-order valence-corrected chi connectivity index (χ1v) is 6.87. The van der Waals surface area contributed by atoms with Gasteiger partial charge in [0, 0.05) is 31.5 Å². The summed E-state index contributed by atoms with van der Waals surface area (Å²) in [7, 11) is 4.00. The molecule has 0 fully saturated rings. The fourth-order valence-electron chi connectivity index (χ4n) is 1.85. The van der Waals surface area contributed by atoms with Crippen LogP contribution in [0.2, 0.25) is 0 Å². The highest BCUT2D eigenvalue weighted by molar-refractivity contribution is 5.81. The van der Waals surface area contributed by atoms with E-state index >= 15 is 0 Å². The van der Waals surface area contributed by atoms with Gasteiger partial charge < -0.3 is 15.5 Å². The highest BCUT2D eigenvalue weighted by Crippen LogP contribution is 2.16. The molecule has 0 aromatic heterocycles. The van der Waals surface area contributed by atoms with Crippen molar-refractivity contribution in [2.75, 3.05) is 30.9 Å². The molecule has 0 aliphatic heterocycles. The number of hydrogen-bond acceptors (Lipinski definition) is 3. The van der Waals surface area contributed by atoms with E-state index in [1.807, 2.05) is 43.3 Å². The van der Waals surface area contributed by atoms with Gasteiger partial charge in [0.2, 0.25) is 5.91 Å². The quantitative estimate of drug-likeness (QED) is 0.794. The molecule has 0 aliphatic carbocycles. The molecule has 0 heterocycles. The average molecular weight is 263 g/mol. The van der Waals surface area contributed by atoms with Crippen molar-refractivity contribution < 1.29 is 4.79 Å². The summed E-state index contributed by atoms with van der Waals surface area (Å²) >= 11 is 0. The number of carbonyl (C=O) groups is 1. The molecule has 1 rings (SSSR count). The highest BCUT2D eigenvalue weighted by atomic mass is 16.1. The Labute approximate surface area is 116 Å². The Hall–Kier alpha value is -1.71. The van der Waals surface area contributed by atoms with E-state index in [0.29, 0.717) is 6.54 Å². The molecule has 4 nitrogen and oxygen atoms in total. The minimum absolute atomic E-state index is 0.0453. The van der Waals surface area contributed by atoms with Crippen LogP contribution < -0.4 is 15.5 Å². The van der Waals surface area contributed by atoms with Crippen LogP contribution in [0.25, 0.3) is 0 Å². The molecule has 4 heteroatoms. The van der Waals surface area contributed by atoms with E-state index in [1.165, 1.54) is 0 Å². The molecule has 1 aromatic rings. The maximum Gasteiger partial charge on any atom is 0.239 e. The van der Waals surface area contributed by atoms with Crippen molar-refractivity contribution in [3.05, 3.63) is 24.3 Å². The average Bonchev–Trinajstić information content (AvgIpc) is 2.42. The third kappa shape index (κ3) is 5.20. The summed E-state index contributed by atoms with van der Waals surface area (Å²) in [4.78, 5) is 13.8. The second-order valence-corrected chi connectivity index (χ2v) is 4.88. The maximum absolute atomic E-state index is 11.8. The molecule has 0 aliphatic rings. The third-order valence-corrected chi connectivity index (χ3v) is 3.17. The van der Waals surface area contributed by atoms with Gasteiger partial charge in [0.15, 0.2) is 0 Å². The largest absolute Gasteiger partial charge is 0.378 e. The smallest absolute Gasteiger partial charge is 0.239 e. The molecule has 0 saturated carbocycles. The van der Waals surface area contributed by atoms with Crippen molar-refractivity contribution in [1.82, 2.24) is 5.32 Å². The molecule has 1 aromatic carbocycles. The molecular weight excluding hydrogens is 238 g/mol. The summed E-state index contributed by atoms with van der Waals surface area (Å²) in [5, 5.41) is 6.17. The van der Waals surface area contributed by atoms with Gasteiger partial charge in [-0.15, -0.1) is 0 Å². The number of carbonyl (C=O) groups excluding carboxylic acids is 1. The molecule has 0 unspecified atom stereocenters. The Morgan fingerprint density at radius 2 is 1.95 bits per heavy atom. The van der Waals surface area contributed by atoms with Crippen molar-refractivity contribution in [2.24, 2.45) is 0 Å². The summed E-state index contributed by atoms with van der Waals surface area (Å²) in [5.41, 5.74) is 2.08. The van der Waals surface area contributed by atoms with Crippen LogP contribution in [0.4, 0.5) is 11.4 Å². The van der Waals surface area contributed by atoms with Crippen LogP contribution >= 0.6 is 0 Å². The molecule has 106 valence electrons. The zero-order valence-electron chi connectivity index (χ0n) is 12.4. The first kappa shape index (κ1) is 15.3. The highest BCUT2D eigenvalue weighted by Gasteiger charge is 2.07. The van der Waals surface area contributed by atoms with Crippen LogP contribution in [0, 0.1) is 0 Å². The van der Waals surface area contributed by atoms with Crippen molar-refractivity contribution in [3.63, 3.8) is 0 Å². The molecule has 0 atom stereocenters. The second-order valence-electron chi connectivity index (χ2n) is 4.88. The molecule has 1 amide bonds. The Morgan fingerprint density at radius 1 is 1.26 bits per heavy atom. The Balaban J connectivity index is 2.48. The number of nitrogens with zero attached hydrogens (tertiary/aromatic N) is 1. The molecule has 2 N–H and O–H groups in total. The number of hydrogen-bond donors (Lipinski definition) is 2. The van der Waals surface area contributed by atoms with Crippen molar-refractivity contribution in [2.45, 2.75) is 32.7 Å². The first-order valence-electron chi connectivity index (χ1n) is 6.87. The van der Waals surface area contributed by atoms with Crippen molar-refractivity contribution in [3.8, 4) is 0 Å². The van der Waals surface area contributed by atoms with E-state index in [-0.39, 0.29) is 11.9 Å². The fraction of sp³-hybridized carbons (Fsp3) is 0.533. The minimum Gasteiger partial charge on any atom is -0.378 e. The lowest BCUT2D eigenvalue weighted by atomic mass is 10.2. The number of amides is 1. The molecule has 0 radical (unpaired) electrons. The van der Waals surface area contributed by atoms with Gasteiger partial charge in [-0.25, -0.2) is 0 Å². The summed E-state index contributed by atoms with van der Waals surface area (Å²) in [6.07, 6.45) is 1.94. The van der Waals surface area contributed by atoms with Crippen molar-refractivity contribution >= 4 is 17.3 Å². The third-order valence-electron chi connectivity index (χ3n) is 3.17. The lowest BCUT2D eigenvalue weighted by Crippen LogP contribution is -2.37. The van der Waals surface area contributed by atoms with E-state index < -0.39 is 0 Å². The first-order chi connectivity index (χ1) is 9.06. The number of rotatable bonds is 7. The predicted octanol–water partition coefficient (Wildman–Crippen LogP) is 2.47. The van der Waals surface area contributed by atoms with Gasteiger partial charge in [0.1, 0.15) is 0 Å². The standard InChI is InChI=1S/C15H25N3O/c1-5-12(6-2)17-15(19)11-16-13-8-7-9-14(10-13)18(3)4/h7-10,12,16H,5-6,11H2,1-4H3,(H,17,19). The minimum atomic E-state index is 0.0453.